The van der Waals surface area contributed by atoms with E-state index in [2.05, 4.69) is 10.6 Å². The number of phenols is 1. The maximum atomic E-state index is 12.8. The lowest BCUT2D eigenvalue weighted by molar-refractivity contribution is -0.120. The number of hydrogen-bond acceptors (Lipinski definition) is 3. The van der Waals surface area contributed by atoms with Crippen LogP contribution in [-0.4, -0.2) is 24.1 Å². The first kappa shape index (κ1) is 14.4. The van der Waals surface area contributed by atoms with Crippen LogP contribution >= 0.6 is 0 Å². The van der Waals surface area contributed by atoms with Gasteiger partial charge in [0.05, 0.1) is 0 Å². The van der Waals surface area contributed by atoms with Gasteiger partial charge in [0.2, 0.25) is 5.91 Å². The van der Waals surface area contributed by atoms with Crippen LogP contribution in [0.2, 0.25) is 0 Å². The van der Waals surface area contributed by atoms with Crippen molar-refractivity contribution in [1.82, 2.24) is 10.6 Å². The highest BCUT2D eigenvalue weighted by Crippen LogP contribution is 2.24. The molecule has 0 saturated carbocycles. The molecule has 1 amide bonds. The first-order valence-electron chi connectivity index (χ1n) is 6.03. The van der Waals surface area contributed by atoms with E-state index >= 15 is 0 Å². The van der Waals surface area contributed by atoms with E-state index in [-0.39, 0.29) is 17.7 Å². The molecule has 3 N–H and O–H groups in total. The molecular weight excluding hydrogens is 235 g/mol. The third-order valence-corrected chi connectivity index (χ3v) is 2.64. The smallest absolute Gasteiger partial charge is 0.221 e. The van der Waals surface area contributed by atoms with E-state index < -0.39 is 5.82 Å². The van der Waals surface area contributed by atoms with Gasteiger partial charge >= 0.3 is 0 Å². The predicted octanol–water partition coefficient (Wildman–Crippen LogP) is 1.71. The average Bonchev–Trinajstić information content (AvgIpc) is 2.29. The fraction of sp³-hybridized carbons (Fsp3) is 0.462. The average molecular weight is 254 g/mol. The Bertz CT molecular complexity index is 410. The third-order valence-electron chi connectivity index (χ3n) is 2.64. The van der Waals surface area contributed by atoms with Gasteiger partial charge in [0.1, 0.15) is 11.6 Å². The van der Waals surface area contributed by atoms with Crippen LogP contribution in [-0.2, 0) is 4.79 Å². The van der Waals surface area contributed by atoms with Gasteiger partial charge in [0.15, 0.2) is 0 Å². The number of hydrogen-bond donors (Lipinski definition) is 3. The molecule has 0 aliphatic heterocycles. The molecule has 5 heteroatoms. The quantitative estimate of drug-likeness (QED) is 0.724. The molecule has 0 bridgehead atoms. The first-order valence-corrected chi connectivity index (χ1v) is 6.03. The molecule has 1 unspecified atom stereocenters. The summed E-state index contributed by atoms with van der Waals surface area (Å²) in [5, 5.41) is 15.4. The molecular formula is C13H19FN2O2. The van der Waals surface area contributed by atoms with Gasteiger partial charge in [-0.25, -0.2) is 4.39 Å². The monoisotopic (exact) mass is 254 g/mol. The molecule has 0 aromatic heterocycles. The molecule has 18 heavy (non-hydrogen) atoms. The summed E-state index contributed by atoms with van der Waals surface area (Å²) in [4.78, 5) is 11.2. The van der Waals surface area contributed by atoms with Crippen molar-refractivity contribution >= 4 is 5.91 Å². The molecule has 1 rings (SSSR count). The van der Waals surface area contributed by atoms with Gasteiger partial charge in [-0.1, -0.05) is 6.07 Å². The zero-order chi connectivity index (χ0) is 13.5. The second-order valence-electron chi connectivity index (χ2n) is 4.08. The van der Waals surface area contributed by atoms with Crippen molar-refractivity contribution in [2.45, 2.75) is 26.3 Å². The van der Waals surface area contributed by atoms with Gasteiger partial charge in [-0.2, -0.15) is 0 Å². The van der Waals surface area contributed by atoms with Crippen molar-refractivity contribution in [3.8, 4) is 5.75 Å². The molecule has 0 aliphatic carbocycles. The number of benzene rings is 1. The van der Waals surface area contributed by atoms with Crippen LogP contribution in [0.4, 0.5) is 4.39 Å². The molecule has 1 aromatic rings. The van der Waals surface area contributed by atoms with Crippen LogP contribution < -0.4 is 10.6 Å². The summed E-state index contributed by atoms with van der Waals surface area (Å²) in [6.07, 6.45) is 0.375. The van der Waals surface area contributed by atoms with Crippen molar-refractivity contribution in [2.24, 2.45) is 0 Å². The number of amides is 1. The number of nitrogens with one attached hydrogen (secondary N) is 2. The molecule has 0 heterocycles. The summed E-state index contributed by atoms with van der Waals surface area (Å²) in [5.41, 5.74) is 0.618. The second kappa shape index (κ2) is 6.96. The molecule has 0 spiro atoms. The second-order valence-corrected chi connectivity index (χ2v) is 4.08. The van der Waals surface area contributed by atoms with Crippen LogP contribution in [0.1, 0.15) is 31.9 Å². The van der Waals surface area contributed by atoms with Gasteiger partial charge in [0, 0.05) is 37.2 Å². The van der Waals surface area contributed by atoms with Crippen LogP contribution in [0.15, 0.2) is 18.2 Å². The van der Waals surface area contributed by atoms with Crippen molar-refractivity contribution in [3.63, 3.8) is 0 Å². The summed E-state index contributed by atoms with van der Waals surface area (Å²) in [7, 11) is 0. The highest BCUT2D eigenvalue weighted by Gasteiger charge is 2.10. The molecule has 0 fully saturated rings. The Balaban J connectivity index is 2.45. The number of halogens is 1. The lowest BCUT2D eigenvalue weighted by atomic mass is 10.1. The molecule has 4 nitrogen and oxygen atoms in total. The van der Waals surface area contributed by atoms with Crippen molar-refractivity contribution < 1.29 is 14.3 Å². The van der Waals surface area contributed by atoms with E-state index in [4.69, 9.17) is 0 Å². The molecule has 0 saturated heterocycles. The summed E-state index contributed by atoms with van der Waals surface area (Å²) in [6, 6.07) is 3.78. The lowest BCUT2D eigenvalue weighted by Crippen LogP contribution is -2.28. The Hall–Kier alpha value is -1.62. The fourth-order valence-electron chi connectivity index (χ4n) is 1.68. The SMILES string of the molecule is CCNC(=O)CCNC(C)c1ccc(F)cc1O. The minimum atomic E-state index is -0.467. The molecule has 100 valence electrons. The van der Waals surface area contributed by atoms with E-state index in [1.54, 1.807) is 0 Å². The Morgan fingerprint density at radius 1 is 1.50 bits per heavy atom. The highest BCUT2D eigenvalue weighted by molar-refractivity contribution is 5.75. The van der Waals surface area contributed by atoms with Gasteiger partial charge in [-0.3, -0.25) is 4.79 Å². The van der Waals surface area contributed by atoms with Crippen molar-refractivity contribution in [1.29, 1.82) is 0 Å². The minimum Gasteiger partial charge on any atom is -0.508 e. The fourth-order valence-corrected chi connectivity index (χ4v) is 1.68. The molecule has 1 aromatic carbocycles. The van der Waals surface area contributed by atoms with Crippen molar-refractivity contribution in [3.05, 3.63) is 29.6 Å². The number of phenolic OH excluding ortho intramolecular Hbond substituents is 1. The normalized spacial score (nSPS) is 12.2. The molecule has 1 atom stereocenters. The first-order chi connectivity index (χ1) is 8.54. The lowest BCUT2D eigenvalue weighted by Gasteiger charge is -2.15. The summed E-state index contributed by atoms with van der Waals surface area (Å²) >= 11 is 0. The maximum absolute atomic E-state index is 12.8. The van der Waals surface area contributed by atoms with Gasteiger partial charge in [0.25, 0.3) is 0 Å². The topological polar surface area (TPSA) is 61.4 Å². The van der Waals surface area contributed by atoms with Crippen LogP contribution in [0.25, 0.3) is 0 Å². The third kappa shape index (κ3) is 4.33. The van der Waals surface area contributed by atoms with Crippen LogP contribution in [0.5, 0.6) is 5.75 Å². The number of rotatable bonds is 6. The zero-order valence-electron chi connectivity index (χ0n) is 10.7. The molecule has 0 aliphatic rings. The van der Waals surface area contributed by atoms with Crippen LogP contribution in [0, 0.1) is 5.82 Å². The van der Waals surface area contributed by atoms with Crippen molar-refractivity contribution in [2.75, 3.05) is 13.1 Å². The summed E-state index contributed by atoms with van der Waals surface area (Å²) < 4.78 is 12.8. The van der Waals surface area contributed by atoms with E-state index in [0.717, 1.165) is 6.07 Å². The van der Waals surface area contributed by atoms with E-state index in [1.807, 2.05) is 13.8 Å². The van der Waals surface area contributed by atoms with E-state index in [1.165, 1.54) is 12.1 Å². The van der Waals surface area contributed by atoms with E-state index in [0.29, 0.717) is 25.1 Å². The largest absolute Gasteiger partial charge is 0.508 e. The predicted molar refractivity (Wildman–Crippen MR) is 67.8 cm³/mol. The number of carbonyl (C=O) groups excluding carboxylic acids is 1. The van der Waals surface area contributed by atoms with Gasteiger partial charge < -0.3 is 15.7 Å². The Kier molecular flexibility index (Phi) is 5.58. The number of aromatic hydroxyl groups is 1. The Morgan fingerprint density at radius 3 is 2.83 bits per heavy atom. The zero-order valence-corrected chi connectivity index (χ0v) is 10.7. The van der Waals surface area contributed by atoms with E-state index in [9.17, 15) is 14.3 Å². The van der Waals surface area contributed by atoms with Crippen LogP contribution in [0.3, 0.4) is 0 Å². The Morgan fingerprint density at radius 2 is 2.22 bits per heavy atom. The minimum absolute atomic E-state index is 0.0134. The van der Waals surface area contributed by atoms with Gasteiger partial charge in [-0.05, 0) is 19.9 Å². The van der Waals surface area contributed by atoms with Gasteiger partial charge in [-0.15, -0.1) is 0 Å². The highest BCUT2D eigenvalue weighted by atomic mass is 19.1. The summed E-state index contributed by atoms with van der Waals surface area (Å²) in [5.74, 6) is -0.556. The maximum Gasteiger partial charge on any atom is 0.221 e. The summed E-state index contributed by atoms with van der Waals surface area (Å²) in [6.45, 7) is 4.84. The Labute approximate surface area is 106 Å². The standard InChI is InChI=1S/C13H19FN2O2/c1-3-15-13(18)6-7-16-9(2)11-5-4-10(14)8-12(11)17/h4-5,8-9,16-17H,3,6-7H2,1-2H3,(H,15,18). The molecule has 0 radical (unpaired) electrons. The number of carbonyl (C=O) groups is 1.